The van der Waals surface area contributed by atoms with Gasteiger partial charge in [0, 0.05) is 25.1 Å². The number of aryl methyl sites for hydroxylation is 2. The number of ether oxygens (including phenoxy) is 2. The van der Waals surface area contributed by atoms with Gasteiger partial charge in [-0.25, -0.2) is 8.42 Å². The van der Waals surface area contributed by atoms with E-state index < -0.39 is 10.0 Å². The second kappa shape index (κ2) is 9.31. The van der Waals surface area contributed by atoms with E-state index >= 15 is 0 Å². The summed E-state index contributed by atoms with van der Waals surface area (Å²) >= 11 is 0. The minimum atomic E-state index is -3.96. The van der Waals surface area contributed by atoms with Crippen molar-refractivity contribution in [2.24, 2.45) is 0 Å². The molecule has 1 aromatic heterocycles. The number of anilines is 2. The molecule has 0 aliphatic rings. The summed E-state index contributed by atoms with van der Waals surface area (Å²) in [6.45, 7) is 4.95. The number of carbonyl (C=O) groups excluding carboxylic acids is 1. The number of aromatic nitrogens is 1. The number of amides is 1. The normalized spacial score (nSPS) is 11.2. The quantitative estimate of drug-likeness (QED) is 0.523. The fraction of sp³-hybridized carbons (Fsp3) is 0.273. The lowest BCUT2D eigenvalue weighted by Crippen LogP contribution is -2.14. The molecule has 3 rings (SSSR count). The maximum Gasteiger partial charge on any atom is 0.262 e. The molecule has 0 saturated heterocycles. The Bertz CT molecular complexity index is 1230. The fourth-order valence-electron chi connectivity index (χ4n) is 3.23. The molecule has 9 nitrogen and oxygen atoms in total. The van der Waals surface area contributed by atoms with Gasteiger partial charge in [0.2, 0.25) is 11.8 Å². The third-order valence-corrected chi connectivity index (χ3v) is 6.28. The van der Waals surface area contributed by atoms with Gasteiger partial charge < -0.3 is 14.0 Å². The van der Waals surface area contributed by atoms with Gasteiger partial charge in [-0.2, -0.15) is 0 Å². The van der Waals surface area contributed by atoms with Crippen molar-refractivity contribution < 1.29 is 27.2 Å². The van der Waals surface area contributed by atoms with Gasteiger partial charge in [0.05, 0.1) is 36.1 Å². The van der Waals surface area contributed by atoms with Crippen LogP contribution in [0.5, 0.6) is 11.5 Å². The zero-order valence-electron chi connectivity index (χ0n) is 18.5. The summed E-state index contributed by atoms with van der Waals surface area (Å²) < 4.78 is 44.8. The van der Waals surface area contributed by atoms with Crippen molar-refractivity contribution in [1.82, 2.24) is 5.16 Å². The van der Waals surface area contributed by atoms with Crippen LogP contribution in [0.15, 0.2) is 45.8 Å². The topological polar surface area (TPSA) is 120 Å². The summed E-state index contributed by atoms with van der Waals surface area (Å²) in [6, 6.07) is 9.75. The lowest BCUT2D eigenvalue weighted by molar-refractivity contribution is -0.114. The maximum atomic E-state index is 13.3. The molecule has 2 N–H and O–H groups in total. The summed E-state index contributed by atoms with van der Waals surface area (Å²) in [5.41, 5.74) is 2.55. The Hall–Kier alpha value is -3.53. The van der Waals surface area contributed by atoms with Gasteiger partial charge in [0.15, 0.2) is 0 Å². The standard InChI is InChI=1S/C22H25N3O6S/c1-6-19-21(22(31-24-19)23-14(3)26)15-8-7-13(2)20(9-15)32(27,28)25-16-10-17(29-4)12-18(11-16)30-5/h7-12,25H,6H2,1-5H3,(H,23,26). The summed E-state index contributed by atoms with van der Waals surface area (Å²) in [4.78, 5) is 11.6. The van der Waals surface area contributed by atoms with Crippen LogP contribution >= 0.6 is 0 Å². The molecule has 3 aromatic rings. The predicted molar refractivity (Wildman–Crippen MR) is 121 cm³/mol. The van der Waals surface area contributed by atoms with Crippen molar-refractivity contribution in [3.05, 3.63) is 47.7 Å². The van der Waals surface area contributed by atoms with E-state index in [9.17, 15) is 13.2 Å². The van der Waals surface area contributed by atoms with Crippen LogP contribution in [-0.2, 0) is 21.2 Å². The second-order valence-corrected chi connectivity index (χ2v) is 8.71. The van der Waals surface area contributed by atoms with E-state index in [4.69, 9.17) is 14.0 Å². The monoisotopic (exact) mass is 459 g/mol. The van der Waals surface area contributed by atoms with Crippen LogP contribution < -0.4 is 19.5 Å². The van der Waals surface area contributed by atoms with Crippen molar-refractivity contribution >= 4 is 27.5 Å². The molecular formula is C22H25N3O6S. The van der Waals surface area contributed by atoms with Crippen molar-refractivity contribution in [2.75, 3.05) is 24.3 Å². The Morgan fingerprint density at radius 2 is 1.75 bits per heavy atom. The van der Waals surface area contributed by atoms with Crippen LogP contribution in [0, 0.1) is 6.92 Å². The molecule has 0 aliphatic heterocycles. The summed E-state index contributed by atoms with van der Waals surface area (Å²) in [5, 5.41) is 6.61. The number of nitrogens with zero attached hydrogens (tertiary/aromatic N) is 1. The highest BCUT2D eigenvalue weighted by Crippen LogP contribution is 2.35. The third kappa shape index (κ3) is 4.86. The molecule has 170 valence electrons. The first-order chi connectivity index (χ1) is 15.2. The molecule has 1 amide bonds. The minimum absolute atomic E-state index is 0.0776. The number of methoxy groups -OCH3 is 2. The van der Waals surface area contributed by atoms with E-state index in [1.165, 1.54) is 27.2 Å². The Balaban J connectivity index is 2.06. The third-order valence-electron chi connectivity index (χ3n) is 4.76. The smallest absolute Gasteiger partial charge is 0.262 e. The molecule has 0 atom stereocenters. The average Bonchev–Trinajstić information content (AvgIpc) is 3.15. The first-order valence-corrected chi connectivity index (χ1v) is 11.3. The first-order valence-electron chi connectivity index (χ1n) is 9.81. The number of benzene rings is 2. The van der Waals surface area contributed by atoms with E-state index in [-0.39, 0.29) is 16.7 Å². The van der Waals surface area contributed by atoms with Crippen LogP contribution in [0.1, 0.15) is 25.1 Å². The van der Waals surface area contributed by atoms with Gasteiger partial charge in [-0.05, 0) is 30.5 Å². The number of hydrogen-bond donors (Lipinski definition) is 2. The van der Waals surface area contributed by atoms with Gasteiger partial charge in [-0.15, -0.1) is 0 Å². The highest BCUT2D eigenvalue weighted by atomic mass is 32.2. The van der Waals surface area contributed by atoms with Crippen LogP contribution in [0.4, 0.5) is 11.6 Å². The van der Waals surface area contributed by atoms with E-state index in [0.717, 1.165) is 0 Å². The molecule has 0 spiro atoms. The van der Waals surface area contributed by atoms with E-state index in [2.05, 4.69) is 15.2 Å². The van der Waals surface area contributed by atoms with Crippen LogP contribution in [0.2, 0.25) is 0 Å². The molecule has 0 bridgehead atoms. The number of sulfonamides is 1. The van der Waals surface area contributed by atoms with Crippen LogP contribution in [0.3, 0.4) is 0 Å². The van der Waals surface area contributed by atoms with Gasteiger partial charge in [-0.3, -0.25) is 14.8 Å². The minimum Gasteiger partial charge on any atom is -0.497 e. The lowest BCUT2D eigenvalue weighted by Gasteiger charge is -2.14. The second-order valence-electron chi connectivity index (χ2n) is 7.06. The number of nitrogens with one attached hydrogen (secondary N) is 2. The van der Waals surface area contributed by atoms with Crippen LogP contribution in [0.25, 0.3) is 11.1 Å². The Labute approximate surface area is 186 Å². The molecule has 0 saturated carbocycles. The fourth-order valence-corrected chi connectivity index (χ4v) is 4.54. The van der Waals surface area contributed by atoms with Crippen molar-refractivity contribution in [3.63, 3.8) is 0 Å². The summed E-state index contributed by atoms with van der Waals surface area (Å²) in [6.07, 6.45) is 0.538. The van der Waals surface area contributed by atoms with Gasteiger partial charge in [0.25, 0.3) is 10.0 Å². The SMILES string of the molecule is CCc1noc(NC(C)=O)c1-c1ccc(C)c(S(=O)(=O)Nc2cc(OC)cc(OC)c2)c1. The van der Waals surface area contributed by atoms with Crippen LogP contribution in [-0.4, -0.2) is 33.7 Å². The summed E-state index contributed by atoms with van der Waals surface area (Å²) in [5.74, 6) is 0.750. The van der Waals surface area contributed by atoms with E-state index in [1.54, 1.807) is 37.3 Å². The number of rotatable bonds is 8. The molecule has 0 unspecified atom stereocenters. The van der Waals surface area contributed by atoms with Crippen molar-refractivity contribution in [2.45, 2.75) is 32.1 Å². The number of hydrogen-bond acceptors (Lipinski definition) is 7. The maximum absolute atomic E-state index is 13.3. The Kier molecular flexibility index (Phi) is 6.73. The highest BCUT2D eigenvalue weighted by Gasteiger charge is 2.23. The van der Waals surface area contributed by atoms with Crippen molar-refractivity contribution in [1.29, 1.82) is 0 Å². The zero-order valence-corrected chi connectivity index (χ0v) is 19.3. The van der Waals surface area contributed by atoms with Gasteiger partial charge in [0.1, 0.15) is 11.5 Å². The molecular weight excluding hydrogens is 434 g/mol. The largest absolute Gasteiger partial charge is 0.497 e. The zero-order chi connectivity index (χ0) is 23.5. The van der Waals surface area contributed by atoms with Gasteiger partial charge >= 0.3 is 0 Å². The molecule has 2 aromatic carbocycles. The molecule has 32 heavy (non-hydrogen) atoms. The van der Waals surface area contributed by atoms with E-state index in [1.807, 2.05) is 6.92 Å². The average molecular weight is 460 g/mol. The molecule has 0 aliphatic carbocycles. The highest BCUT2D eigenvalue weighted by molar-refractivity contribution is 7.92. The van der Waals surface area contributed by atoms with Crippen molar-refractivity contribution in [3.8, 4) is 22.6 Å². The molecule has 0 radical (unpaired) electrons. The van der Waals surface area contributed by atoms with E-state index in [0.29, 0.717) is 46.0 Å². The Morgan fingerprint density at radius 1 is 1.09 bits per heavy atom. The first kappa shape index (κ1) is 23.1. The number of carbonyl (C=O) groups is 1. The summed E-state index contributed by atoms with van der Waals surface area (Å²) in [7, 11) is -0.995. The molecule has 1 heterocycles. The molecule has 10 heteroatoms. The molecule has 0 fully saturated rings. The Morgan fingerprint density at radius 3 is 2.31 bits per heavy atom. The van der Waals surface area contributed by atoms with Gasteiger partial charge in [-0.1, -0.05) is 24.2 Å². The lowest BCUT2D eigenvalue weighted by atomic mass is 10.0. The predicted octanol–water partition coefficient (Wildman–Crippen LogP) is 3.99.